The number of methoxy groups -OCH3 is 1. The highest BCUT2D eigenvalue weighted by atomic mass is 19.1. The van der Waals surface area contributed by atoms with Crippen LogP contribution in [0, 0.1) is 11.6 Å². The highest BCUT2D eigenvalue weighted by Crippen LogP contribution is 2.25. The molecule has 1 N–H and O–H groups in total. The second kappa shape index (κ2) is 4.72. The average molecular weight is 216 g/mol. The van der Waals surface area contributed by atoms with Gasteiger partial charge in [0.15, 0.2) is 11.6 Å². The Balaban J connectivity index is 2.98. The van der Waals surface area contributed by atoms with E-state index in [1.54, 1.807) is 0 Å². The first-order chi connectivity index (χ1) is 7.04. The van der Waals surface area contributed by atoms with Crippen LogP contribution in [0.15, 0.2) is 12.1 Å². The Labute approximate surface area is 85.3 Å². The number of rotatable bonds is 4. The van der Waals surface area contributed by atoms with E-state index in [1.165, 1.54) is 7.11 Å². The molecule has 3 nitrogen and oxygen atoms in total. The van der Waals surface area contributed by atoms with Crippen LogP contribution in [-0.2, 0) is 11.2 Å². The highest BCUT2D eigenvalue weighted by molar-refractivity contribution is 5.67. The van der Waals surface area contributed by atoms with Crippen molar-refractivity contribution in [1.29, 1.82) is 0 Å². The molecule has 0 atom stereocenters. The van der Waals surface area contributed by atoms with Gasteiger partial charge in [-0.05, 0) is 12.5 Å². The van der Waals surface area contributed by atoms with Crippen LogP contribution in [0.5, 0.6) is 5.75 Å². The molecule has 1 rings (SSSR count). The van der Waals surface area contributed by atoms with Gasteiger partial charge in [0, 0.05) is 18.1 Å². The fourth-order valence-corrected chi connectivity index (χ4v) is 1.27. The lowest BCUT2D eigenvalue weighted by atomic mass is 10.1. The Morgan fingerprint density at radius 1 is 1.47 bits per heavy atom. The maximum absolute atomic E-state index is 13.1. The van der Waals surface area contributed by atoms with Crippen LogP contribution < -0.4 is 4.74 Å². The zero-order chi connectivity index (χ0) is 11.4. The topological polar surface area (TPSA) is 46.5 Å². The Morgan fingerprint density at radius 3 is 2.67 bits per heavy atom. The highest BCUT2D eigenvalue weighted by Gasteiger charge is 2.12. The maximum atomic E-state index is 13.1. The summed E-state index contributed by atoms with van der Waals surface area (Å²) in [7, 11) is 1.25. The summed E-state index contributed by atoms with van der Waals surface area (Å²) in [6.45, 7) is 0. The molecule has 5 heteroatoms. The summed E-state index contributed by atoms with van der Waals surface area (Å²) in [5.74, 6) is -2.69. The van der Waals surface area contributed by atoms with Gasteiger partial charge in [-0.25, -0.2) is 8.78 Å². The van der Waals surface area contributed by atoms with Gasteiger partial charge in [0.1, 0.15) is 5.82 Å². The fraction of sp³-hybridized carbons (Fsp3) is 0.300. The first-order valence-electron chi connectivity index (χ1n) is 4.28. The molecule has 0 spiro atoms. The van der Waals surface area contributed by atoms with E-state index in [-0.39, 0.29) is 24.2 Å². The maximum Gasteiger partial charge on any atom is 0.303 e. The van der Waals surface area contributed by atoms with Gasteiger partial charge < -0.3 is 9.84 Å². The molecule has 0 saturated heterocycles. The van der Waals surface area contributed by atoms with Crippen LogP contribution in [-0.4, -0.2) is 18.2 Å². The minimum atomic E-state index is -1.03. The quantitative estimate of drug-likeness (QED) is 0.837. The number of aliphatic carboxylic acids is 1. The SMILES string of the molecule is COc1c(F)cc(F)cc1CCC(=O)O. The number of carbonyl (C=O) groups is 1. The molecule has 0 aliphatic carbocycles. The van der Waals surface area contributed by atoms with Crippen molar-refractivity contribution in [1.82, 2.24) is 0 Å². The Kier molecular flexibility index (Phi) is 3.60. The van der Waals surface area contributed by atoms with Crippen molar-refractivity contribution in [3.05, 3.63) is 29.3 Å². The predicted molar refractivity (Wildman–Crippen MR) is 48.9 cm³/mol. The van der Waals surface area contributed by atoms with Crippen LogP contribution in [0.25, 0.3) is 0 Å². The number of halogens is 2. The van der Waals surface area contributed by atoms with Crippen molar-refractivity contribution in [3.63, 3.8) is 0 Å². The van der Waals surface area contributed by atoms with Gasteiger partial charge >= 0.3 is 5.97 Å². The molecule has 0 heterocycles. The van der Waals surface area contributed by atoms with E-state index < -0.39 is 17.6 Å². The normalized spacial score (nSPS) is 10.1. The van der Waals surface area contributed by atoms with Crippen molar-refractivity contribution in [2.45, 2.75) is 12.8 Å². The number of carboxylic acid groups (broad SMARTS) is 1. The summed E-state index contributed by atoms with van der Waals surface area (Å²) >= 11 is 0. The number of aryl methyl sites for hydroxylation is 1. The monoisotopic (exact) mass is 216 g/mol. The molecule has 0 bridgehead atoms. The zero-order valence-electron chi connectivity index (χ0n) is 8.09. The van der Waals surface area contributed by atoms with Gasteiger partial charge in [0.25, 0.3) is 0 Å². The molecule has 1 aromatic carbocycles. The largest absolute Gasteiger partial charge is 0.493 e. The molecular weight excluding hydrogens is 206 g/mol. The van der Waals surface area contributed by atoms with Crippen molar-refractivity contribution in [3.8, 4) is 5.75 Å². The molecule has 0 aliphatic rings. The molecule has 15 heavy (non-hydrogen) atoms. The Hall–Kier alpha value is -1.65. The molecule has 0 unspecified atom stereocenters. The number of hydrogen-bond acceptors (Lipinski definition) is 2. The van der Waals surface area contributed by atoms with E-state index in [2.05, 4.69) is 0 Å². The van der Waals surface area contributed by atoms with Gasteiger partial charge in [0.2, 0.25) is 0 Å². The van der Waals surface area contributed by atoms with Gasteiger partial charge in [-0.2, -0.15) is 0 Å². The van der Waals surface area contributed by atoms with Crippen LogP contribution in [0.1, 0.15) is 12.0 Å². The Bertz CT molecular complexity index is 377. The van der Waals surface area contributed by atoms with E-state index in [4.69, 9.17) is 9.84 Å². The third kappa shape index (κ3) is 2.90. The summed E-state index contributed by atoms with van der Waals surface area (Å²) in [4.78, 5) is 10.3. The smallest absolute Gasteiger partial charge is 0.303 e. The van der Waals surface area contributed by atoms with Gasteiger partial charge in [-0.1, -0.05) is 0 Å². The molecule has 0 saturated carbocycles. The van der Waals surface area contributed by atoms with E-state index in [0.717, 1.165) is 6.07 Å². The first-order valence-corrected chi connectivity index (χ1v) is 4.28. The summed E-state index contributed by atoms with van der Waals surface area (Å²) in [5.41, 5.74) is 0.220. The molecule has 0 aromatic heterocycles. The van der Waals surface area contributed by atoms with E-state index in [9.17, 15) is 13.6 Å². The lowest BCUT2D eigenvalue weighted by Crippen LogP contribution is -2.01. The molecule has 0 amide bonds. The summed E-state index contributed by atoms with van der Waals surface area (Å²) in [6, 6.07) is 1.77. The van der Waals surface area contributed by atoms with E-state index in [1.807, 2.05) is 0 Å². The molecule has 0 aliphatic heterocycles. The van der Waals surface area contributed by atoms with E-state index in [0.29, 0.717) is 6.07 Å². The molecule has 1 aromatic rings. The minimum Gasteiger partial charge on any atom is -0.493 e. The van der Waals surface area contributed by atoms with Crippen molar-refractivity contribution < 1.29 is 23.4 Å². The van der Waals surface area contributed by atoms with E-state index >= 15 is 0 Å². The van der Waals surface area contributed by atoms with Crippen molar-refractivity contribution in [2.75, 3.05) is 7.11 Å². The molecule has 0 radical (unpaired) electrons. The van der Waals surface area contributed by atoms with Crippen molar-refractivity contribution in [2.24, 2.45) is 0 Å². The average Bonchev–Trinajstić information content (AvgIpc) is 2.13. The number of hydrogen-bond donors (Lipinski definition) is 1. The Morgan fingerprint density at radius 2 is 2.13 bits per heavy atom. The lowest BCUT2D eigenvalue weighted by Gasteiger charge is -2.08. The molecular formula is C10H10F2O3. The van der Waals surface area contributed by atoms with Crippen LogP contribution >= 0.6 is 0 Å². The number of benzene rings is 1. The predicted octanol–water partition coefficient (Wildman–Crippen LogP) is 1.99. The van der Waals surface area contributed by atoms with Crippen LogP contribution in [0.3, 0.4) is 0 Å². The second-order valence-corrected chi connectivity index (χ2v) is 2.97. The number of ether oxygens (including phenoxy) is 1. The summed E-state index contributed by atoms with van der Waals surface area (Å²) in [5, 5.41) is 8.45. The summed E-state index contributed by atoms with van der Waals surface area (Å²) in [6.07, 6.45) is -0.160. The van der Waals surface area contributed by atoms with Gasteiger partial charge in [-0.15, -0.1) is 0 Å². The summed E-state index contributed by atoms with van der Waals surface area (Å²) < 4.78 is 30.7. The zero-order valence-corrected chi connectivity index (χ0v) is 8.09. The van der Waals surface area contributed by atoms with Crippen LogP contribution in [0.4, 0.5) is 8.78 Å². The molecule has 0 fully saturated rings. The van der Waals surface area contributed by atoms with Gasteiger partial charge in [-0.3, -0.25) is 4.79 Å². The fourth-order valence-electron chi connectivity index (χ4n) is 1.27. The third-order valence-corrected chi connectivity index (χ3v) is 1.90. The standard InChI is InChI=1S/C10H10F2O3/c1-15-10-6(2-3-9(13)14)4-7(11)5-8(10)12/h4-5H,2-3H2,1H3,(H,13,14). The first kappa shape index (κ1) is 11.4. The van der Waals surface area contributed by atoms with Crippen LogP contribution in [0.2, 0.25) is 0 Å². The second-order valence-electron chi connectivity index (χ2n) is 2.97. The number of carboxylic acids is 1. The van der Waals surface area contributed by atoms with Crippen molar-refractivity contribution >= 4 is 5.97 Å². The lowest BCUT2D eigenvalue weighted by molar-refractivity contribution is -0.136. The minimum absolute atomic E-state index is 0.0349. The molecule has 82 valence electrons. The van der Waals surface area contributed by atoms with Gasteiger partial charge in [0.05, 0.1) is 7.11 Å². The third-order valence-electron chi connectivity index (χ3n) is 1.90.